The van der Waals surface area contributed by atoms with Gasteiger partial charge in [-0.25, -0.2) is 0 Å². The van der Waals surface area contributed by atoms with Crippen LogP contribution in [0.25, 0.3) is 10.6 Å². The van der Waals surface area contributed by atoms with E-state index in [1.807, 2.05) is 24.3 Å². The van der Waals surface area contributed by atoms with Gasteiger partial charge < -0.3 is 4.74 Å². The number of rotatable bonds is 4. The van der Waals surface area contributed by atoms with E-state index in [-0.39, 0.29) is 11.2 Å². The van der Waals surface area contributed by atoms with Crippen molar-refractivity contribution in [2.75, 3.05) is 7.11 Å². The van der Waals surface area contributed by atoms with Gasteiger partial charge in [-0.3, -0.25) is 4.79 Å². The van der Waals surface area contributed by atoms with E-state index in [0.717, 1.165) is 19.4 Å². The number of carbonyl (C=O) groups excluding carboxylic acids is 1. The predicted octanol–water partition coefficient (Wildman–Crippen LogP) is 3.62. The number of aromatic nitrogens is 2. The van der Waals surface area contributed by atoms with E-state index in [9.17, 15) is 4.79 Å². The Labute approximate surface area is 127 Å². The number of benzene rings is 1. The molecule has 0 aliphatic carbocycles. The molecule has 7 heteroatoms. The van der Waals surface area contributed by atoms with Crippen LogP contribution in [0.1, 0.15) is 6.92 Å². The third-order valence-corrected chi connectivity index (χ3v) is 4.97. The Morgan fingerprint density at radius 2 is 2.05 bits per heavy atom. The van der Waals surface area contributed by atoms with Crippen LogP contribution >= 0.6 is 39.0 Å². The molecule has 1 atom stereocenters. The van der Waals surface area contributed by atoms with Crippen LogP contribution in [0.5, 0.6) is 0 Å². The lowest BCUT2D eigenvalue weighted by Gasteiger charge is -2.04. The minimum absolute atomic E-state index is 0.259. The summed E-state index contributed by atoms with van der Waals surface area (Å²) in [6.07, 6.45) is 0. The molecule has 1 unspecified atom stereocenters. The molecule has 19 heavy (non-hydrogen) atoms. The van der Waals surface area contributed by atoms with Gasteiger partial charge in [0.05, 0.1) is 7.11 Å². The summed E-state index contributed by atoms with van der Waals surface area (Å²) >= 11 is 6.21. The first kappa shape index (κ1) is 14.5. The van der Waals surface area contributed by atoms with Crippen molar-refractivity contribution in [1.29, 1.82) is 0 Å². The number of carbonyl (C=O) groups is 1. The van der Waals surface area contributed by atoms with E-state index in [0.29, 0.717) is 0 Å². The fraction of sp³-hybridized carbons (Fsp3) is 0.250. The monoisotopic (exact) mass is 358 g/mol. The highest BCUT2D eigenvalue weighted by atomic mass is 79.9. The molecule has 4 nitrogen and oxygen atoms in total. The normalized spacial score (nSPS) is 12.2. The molecule has 0 aliphatic rings. The van der Waals surface area contributed by atoms with Crippen molar-refractivity contribution in [3.63, 3.8) is 0 Å². The van der Waals surface area contributed by atoms with E-state index in [2.05, 4.69) is 30.9 Å². The molecule has 0 spiro atoms. The van der Waals surface area contributed by atoms with E-state index in [1.54, 1.807) is 6.92 Å². The van der Waals surface area contributed by atoms with Gasteiger partial charge in [-0.05, 0) is 19.1 Å². The molecule has 0 fully saturated rings. The highest BCUT2D eigenvalue weighted by molar-refractivity contribution is 9.10. The summed E-state index contributed by atoms with van der Waals surface area (Å²) in [6.45, 7) is 1.79. The number of ether oxygens (including phenoxy) is 1. The molecule has 0 saturated heterocycles. The molecule has 1 heterocycles. The van der Waals surface area contributed by atoms with E-state index < -0.39 is 0 Å². The van der Waals surface area contributed by atoms with Crippen molar-refractivity contribution in [2.24, 2.45) is 0 Å². The van der Waals surface area contributed by atoms with Crippen molar-refractivity contribution in [2.45, 2.75) is 16.5 Å². The molecular formula is C12H11BrN2O2S2. The average Bonchev–Trinajstić information content (AvgIpc) is 2.87. The first-order valence-corrected chi connectivity index (χ1v) is 7.93. The number of thioether (sulfide) groups is 1. The summed E-state index contributed by atoms with van der Waals surface area (Å²) < 4.78 is 6.46. The quantitative estimate of drug-likeness (QED) is 0.617. The van der Waals surface area contributed by atoms with Gasteiger partial charge in [0.1, 0.15) is 10.3 Å². The van der Waals surface area contributed by atoms with Crippen LogP contribution in [0, 0.1) is 0 Å². The van der Waals surface area contributed by atoms with Gasteiger partial charge in [0.15, 0.2) is 4.34 Å². The zero-order chi connectivity index (χ0) is 13.8. The Balaban J connectivity index is 2.11. The molecule has 0 amide bonds. The molecular weight excluding hydrogens is 348 g/mol. The third kappa shape index (κ3) is 3.77. The molecule has 0 radical (unpaired) electrons. The van der Waals surface area contributed by atoms with Crippen LogP contribution in [0.4, 0.5) is 0 Å². The number of halogens is 1. The molecule has 0 bridgehead atoms. The molecule has 0 N–H and O–H groups in total. The van der Waals surface area contributed by atoms with Gasteiger partial charge in [-0.15, -0.1) is 10.2 Å². The van der Waals surface area contributed by atoms with Crippen molar-refractivity contribution in [3.8, 4) is 10.6 Å². The minimum Gasteiger partial charge on any atom is -0.468 e. The molecule has 0 aliphatic heterocycles. The molecule has 1 aromatic carbocycles. The summed E-state index contributed by atoms with van der Waals surface area (Å²) in [5.74, 6) is -0.259. The number of hydrogen-bond donors (Lipinski definition) is 0. The number of esters is 1. The highest BCUT2D eigenvalue weighted by Gasteiger charge is 2.17. The lowest BCUT2D eigenvalue weighted by Crippen LogP contribution is -2.14. The fourth-order valence-electron chi connectivity index (χ4n) is 1.33. The van der Waals surface area contributed by atoms with Crippen LogP contribution in [0.15, 0.2) is 33.1 Å². The number of methoxy groups -OCH3 is 1. The van der Waals surface area contributed by atoms with Gasteiger partial charge in [0.2, 0.25) is 0 Å². The van der Waals surface area contributed by atoms with Gasteiger partial charge >= 0.3 is 5.97 Å². The summed E-state index contributed by atoms with van der Waals surface area (Å²) in [4.78, 5) is 11.3. The van der Waals surface area contributed by atoms with Crippen LogP contribution in [-0.4, -0.2) is 28.5 Å². The Hall–Kier alpha value is -0.920. The predicted molar refractivity (Wildman–Crippen MR) is 80.4 cm³/mol. The Morgan fingerprint density at radius 3 is 2.68 bits per heavy atom. The maximum Gasteiger partial charge on any atom is 0.318 e. The summed E-state index contributed by atoms with van der Waals surface area (Å²) in [5, 5.41) is 8.78. The van der Waals surface area contributed by atoms with Crippen LogP contribution < -0.4 is 0 Å². The maximum absolute atomic E-state index is 11.3. The fourth-order valence-corrected chi connectivity index (χ4v) is 3.62. The molecule has 100 valence electrons. The lowest BCUT2D eigenvalue weighted by atomic mass is 10.2. The minimum atomic E-state index is -0.282. The summed E-state index contributed by atoms with van der Waals surface area (Å²) in [7, 11) is 1.38. The second-order valence-electron chi connectivity index (χ2n) is 3.66. The van der Waals surface area contributed by atoms with Gasteiger partial charge in [0.25, 0.3) is 0 Å². The molecule has 2 aromatic rings. The van der Waals surface area contributed by atoms with Crippen LogP contribution in [-0.2, 0) is 9.53 Å². The van der Waals surface area contributed by atoms with Crippen molar-refractivity contribution in [1.82, 2.24) is 10.2 Å². The van der Waals surface area contributed by atoms with Crippen molar-refractivity contribution >= 4 is 45.0 Å². The number of nitrogens with zero attached hydrogens (tertiary/aromatic N) is 2. The van der Waals surface area contributed by atoms with Crippen molar-refractivity contribution < 1.29 is 9.53 Å². The number of hydrogen-bond acceptors (Lipinski definition) is 6. The zero-order valence-corrected chi connectivity index (χ0v) is 13.5. The Bertz CT molecular complexity index is 571. The Morgan fingerprint density at radius 1 is 1.37 bits per heavy atom. The SMILES string of the molecule is COC(=O)C(C)Sc1nnc(-c2ccc(Br)cc2)s1. The molecule has 1 aromatic heterocycles. The van der Waals surface area contributed by atoms with Crippen LogP contribution in [0.3, 0.4) is 0 Å². The average molecular weight is 359 g/mol. The van der Waals surface area contributed by atoms with E-state index >= 15 is 0 Å². The van der Waals surface area contributed by atoms with E-state index in [4.69, 9.17) is 0 Å². The maximum atomic E-state index is 11.3. The van der Waals surface area contributed by atoms with Crippen molar-refractivity contribution in [3.05, 3.63) is 28.7 Å². The van der Waals surface area contributed by atoms with Crippen LogP contribution in [0.2, 0.25) is 0 Å². The Kier molecular flexibility index (Phi) is 4.95. The highest BCUT2D eigenvalue weighted by Crippen LogP contribution is 2.32. The van der Waals surface area contributed by atoms with Gasteiger partial charge in [0, 0.05) is 10.0 Å². The zero-order valence-electron chi connectivity index (χ0n) is 10.3. The lowest BCUT2D eigenvalue weighted by molar-refractivity contribution is -0.139. The van der Waals surface area contributed by atoms with Gasteiger partial charge in [-0.2, -0.15) is 0 Å². The summed E-state index contributed by atoms with van der Waals surface area (Å²) in [5.41, 5.74) is 1.01. The summed E-state index contributed by atoms with van der Waals surface area (Å²) in [6, 6.07) is 7.87. The third-order valence-electron chi connectivity index (χ3n) is 2.31. The first-order valence-electron chi connectivity index (χ1n) is 5.44. The first-order chi connectivity index (χ1) is 9.10. The largest absolute Gasteiger partial charge is 0.468 e. The smallest absolute Gasteiger partial charge is 0.318 e. The van der Waals surface area contributed by atoms with Gasteiger partial charge in [-0.1, -0.05) is 51.2 Å². The standard InChI is InChI=1S/C12H11BrN2O2S2/c1-7(11(16)17-2)18-12-15-14-10(19-12)8-3-5-9(13)6-4-8/h3-7H,1-2H3. The topological polar surface area (TPSA) is 52.1 Å². The molecule has 2 rings (SSSR count). The van der Waals surface area contributed by atoms with E-state index in [1.165, 1.54) is 30.2 Å². The second kappa shape index (κ2) is 6.49. The second-order valence-corrected chi connectivity index (χ2v) is 7.14. The molecule has 0 saturated carbocycles.